The highest BCUT2D eigenvalue weighted by atomic mass is 35.5. The maximum atomic E-state index is 14.2. The number of anilines is 1. The van der Waals surface area contributed by atoms with Gasteiger partial charge in [-0.15, -0.1) is 0 Å². The standard InChI is InChI=1S/C25H24ClF3N6O/c26-17-4-2-16(21(28)13-17)14-32-25(35-23(36)15-3-9-20(27)22(29)12-15)34-19-7-5-18(6-8-19)33-24-30-10-1-11-31-24/h1-4,9-13,18-19H,5-8,14H2,(H,30,31,33)(H2,32,34,35,36). The number of hydrogen-bond acceptors (Lipinski definition) is 5. The molecule has 11 heteroatoms. The monoisotopic (exact) mass is 516 g/mol. The van der Waals surface area contributed by atoms with E-state index in [9.17, 15) is 18.0 Å². The Bertz CT molecular complexity index is 1240. The number of aliphatic imine (C=N–C) groups is 1. The van der Waals surface area contributed by atoms with Crippen molar-refractivity contribution < 1.29 is 18.0 Å². The molecule has 0 atom stereocenters. The zero-order valence-electron chi connectivity index (χ0n) is 19.1. The third kappa shape index (κ3) is 6.94. The molecule has 3 aromatic rings. The lowest BCUT2D eigenvalue weighted by Gasteiger charge is -2.30. The number of carbonyl (C=O) groups is 1. The van der Waals surface area contributed by atoms with Crippen LogP contribution in [0.15, 0.2) is 59.9 Å². The molecule has 1 fully saturated rings. The lowest BCUT2D eigenvalue weighted by Crippen LogP contribution is -2.48. The second kappa shape index (κ2) is 11.9. The summed E-state index contributed by atoms with van der Waals surface area (Å²) in [6.07, 6.45) is 6.52. The van der Waals surface area contributed by atoms with E-state index in [1.54, 1.807) is 24.5 Å². The number of rotatable bonds is 6. The first kappa shape index (κ1) is 25.4. The second-order valence-electron chi connectivity index (χ2n) is 8.39. The van der Waals surface area contributed by atoms with E-state index >= 15 is 0 Å². The average molecular weight is 517 g/mol. The van der Waals surface area contributed by atoms with Crippen LogP contribution >= 0.6 is 11.6 Å². The Hall–Kier alpha value is -3.66. The Kier molecular flexibility index (Phi) is 8.37. The van der Waals surface area contributed by atoms with Crippen molar-refractivity contribution in [3.63, 3.8) is 0 Å². The van der Waals surface area contributed by atoms with Crippen molar-refractivity contribution in [2.45, 2.75) is 44.3 Å². The number of nitrogens with zero attached hydrogens (tertiary/aromatic N) is 3. The number of halogens is 4. The SMILES string of the molecule is O=C(NC(=NCc1ccc(Cl)cc1F)NC1CCC(Nc2ncccn2)CC1)c1ccc(F)c(F)c1. The Labute approximate surface area is 211 Å². The lowest BCUT2D eigenvalue weighted by molar-refractivity contribution is 0.0974. The fourth-order valence-electron chi connectivity index (χ4n) is 3.88. The zero-order valence-corrected chi connectivity index (χ0v) is 19.9. The molecule has 188 valence electrons. The Balaban J connectivity index is 1.43. The minimum atomic E-state index is -1.13. The Morgan fingerprint density at radius 1 is 0.944 bits per heavy atom. The summed E-state index contributed by atoms with van der Waals surface area (Å²) < 4.78 is 41.1. The summed E-state index contributed by atoms with van der Waals surface area (Å²) in [5, 5.41) is 9.38. The van der Waals surface area contributed by atoms with Gasteiger partial charge in [-0.2, -0.15) is 0 Å². The van der Waals surface area contributed by atoms with Crippen LogP contribution in [0, 0.1) is 17.5 Å². The molecule has 0 bridgehead atoms. The summed E-state index contributed by atoms with van der Waals surface area (Å²) in [4.78, 5) is 25.4. The van der Waals surface area contributed by atoms with E-state index in [1.165, 1.54) is 18.2 Å². The van der Waals surface area contributed by atoms with E-state index < -0.39 is 23.4 Å². The van der Waals surface area contributed by atoms with Crippen LogP contribution in [0.4, 0.5) is 19.1 Å². The molecular weight excluding hydrogens is 493 g/mol. The molecule has 1 amide bonds. The van der Waals surface area contributed by atoms with Gasteiger partial charge in [0.25, 0.3) is 5.91 Å². The molecular formula is C25H24ClF3N6O. The number of guanidine groups is 1. The topological polar surface area (TPSA) is 91.3 Å². The van der Waals surface area contributed by atoms with E-state index in [-0.39, 0.29) is 40.7 Å². The molecule has 0 spiro atoms. The van der Waals surface area contributed by atoms with Gasteiger partial charge in [0.2, 0.25) is 5.95 Å². The summed E-state index contributed by atoms with van der Waals surface area (Å²) in [6, 6.07) is 9.04. The van der Waals surface area contributed by atoms with Crippen molar-refractivity contribution in [3.8, 4) is 0 Å². The molecule has 4 rings (SSSR count). The molecule has 7 nitrogen and oxygen atoms in total. The average Bonchev–Trinajstić information content (AvgIpc) is 2.87. The van der Waals surface area contributed by atoms with Crippen molar-refractivity contribution in [1.29, 1.82) is 0 Å². The van der Waals surface area contributed by atoms with Gasteiger partial charge in [0.1, 0.15) is 5.82 Å². The highest BCUT2D eigenvalue weighted by Crippen LogP contribution is 2.21. The van der Waals surface area contributed by atoms with Gasteiger partial charge in [-0.3, -0.25) is 10.1 Å². The Morgan fingerprint density at radius 2 is 1.67 bits per heavy atom. The van der Waals surface area contributed by atoms with Gasteiger partial charge >= 0.3 is 0 Å². The molecule has 0 saturated heterocycles. The van der Waals surface area contributed by atoms with Gasteiger partial charge < -0.3 is 10.6 Å². The van der Waals surface area contributed by atoms with Gasteiger partial charge in [0.05, 0.1) is 6.54 Å². The van der Waals surface area contributed by atoms with Crippen LogP contribution in [0.2, 0.25) is 5.02 Å². The van der Waals surface area contributed by atoms with Gasteiger partial charge in [0.15, 0.2) is 17.6 Å². The molecule has 2 aromatic carbocycles. The molecule has 0 unspecified atom stereocenters. The molecule has 1 heterocycles. The van der Waals surface area contributed by atoms with Crippen molar-refractivity contribution >= 4 is 29.4 Å². The highest BCUT2D eigenvalue weighted by molar-refractivity contribution is 6.30. The Morgan fingerprint density at radius 3 is 2.36 bits per heavy atom. The van der Waals surface area contributed by atoms with Gasteiger partial charge in [-0.25, -0.2) is 28.1 Å². The van der Waals surface area contributed by atoms with E-state index in [1.807, 2.05) is 0 Å². The predicted octanol–water partition coefficient (Wildman–Crippen LogP) is 4.85. The summed E-state index contributed by atoms with van der Waals surface area (Å²) in [5.74, 6) is -2.70. The van der Waals surface area contributed by atoms with Crippen LogP contribution in [0.3, 0.4) is 0 Å². The van der Waals surface area contributed by atoms with E-state index in [0.717, 1.165) is 37.8 Å². The van der Waals surface area contributed by atoms with E-state index in [2.05, 4.69) is 30.9 Å². The highest BCUT2D eigenvalue weighted by Gasteiger charge is 2.23. The maximum Gasteiger partial charge on any atom is 0.258 e. The van der Waals surface area contributed by atoms with E-state index in [0.29, 0.717) is 5.95 Å². The smallest absolute Gasteiger partial charge is 0.258 e. The number of nitrogens with one attached hydrogen (secondary N) is 3. The van der Waals surface area contributed by atoms with Crippen LogP contribution in [0.5, 0.6) is 0 Å². The number of aromatic nitrogens is 2. The molecule has 0 aliphatic heterocycles. The number of hydrogen-bond donors (Lipinski definition) is 3. The van der Waals surface area contributed by atoms with Gasteiger partial charge in [-0.1, -0.05) is 17.7 Å². The third-order valence-corrected chi connectivity index (χ3v) is 6.04. The molecule has 36 heavy (non-hydrogen) atoms. The minimum absolute atomic E-state index is 0.0150. The molecule has 1 aliphatic rings. The quantitative estimate of drug-likeness (QED) is 0.322. The van der Waals surface area contributed by atoms with Crippen molar-refractivity contribution in [2.24, 2.45) is 4.99 Å². The van der Waals surface area contributed by atoms with E-state index in [4.69, 9.17) is 11.6 Å². The molecule has 1 saturated carbocycles. The second-order valence-corrected chi connectivity index (χ2v) is 8.83. The molecule has 1 aliphatic carbocycles. The van der Waals surface area contributed by atoms with Gasteiger partial charge in [0, 0.05) is 40.6 Å². The fraction of sp³-hybridized carbons (Fsp3) is 0.280. The summed E-state index contributed by atoms with van der Waals surface area (Å²) in [7, 11) is 0. The van der Waals surface area contributed by atoms with Crippen molar-refractivity contribution in [2.75, 3.05) is 5.32 Å². The number of carbonyl (C=O) groups excluding carboxylic acids is 1. The molecule has 3 N–H and O–H groups in total. The first-order valence-corrected chi connectivity index (χ1v) is 11.8. The van der Waals surface area contributed by atoms with Gasteiger partial charge in [-0.05, 0) is 62.1 Å². The normalized spacial score (nSPS) is 17.9. The summed E-state index contributed by atoms with van der Waals surface area (Å²) >= 11 is 5.82. The lowest BCUT2D eigenvalue weighted by atomic mass is 9.91. The van der Waals surface area contributed by atoms with Crippen LogP contribution in [-0.2, 0) is 6.54 Å². The maximum absolute atomic E-state index is 14.2. The molecule has 1 aromatic heterocycles. The van der Waals surface area contributed by atoms with Crippen LogP contribution < -0.4 is 16.0 Å². The number of amides is 1. The first-order valence-electron chi connectivity index (χ1n) is 11.4. The zero-order chi connectivity index (χ0) is 25.5. The van der Waals surface area contributed by atoms with Crippen molar-refractivity contribution in [3.05, 3.63) is 88.5 Å². The van der Waals surface area contributed by atoms with Crippen LogP contribution in [0.1, 0.15) is 41.6 Å². The minimum Gasteiger partial charge on any atom is -0.353 e. The fourth-order valence-corrected chi connectivity index (χ4v) is 4.04. The van der Waals surface area contributed by atoms with Crippen molar-refractivity contribution in [1.82, 2.24) is 20.6 Å². The summed E-state index contributed by atoms with van der Waals surface area (Å²) in [5.41, 5.74) is 0.216. The summed E-state index contributed by atoms with van der Waals surface area (Å²) in [6.45, 7) is -0.0638. The molecule has 0 radical (unpaired) electrons. The largest absolute Gasteiger partial charge is 0.353 e. The number of benzene rings is 2. The first-order chi connectivity index (χ1) is 17.4. The predicted molar refractivity (Wildman–Crippen MR) is 131 cm³/mol. The third-order valence-electron chi connectivity index (χ3n) is 5.80. The van der Waals surface area contributed by atoms with Crippen LogP contribution in [0.25, 0.3) is 0 Å². The van der Waals surface area contributed by atoms with Crippen LogP contribution in [-0.4, -0.2) is 33.9 Å².